The normalized spacial score (nSPS) is 11.0. The molecule has 1 aromatic carbocycles. The Bertz CT molecular complexity index is 508. The second-order valence-electron chi connectivity index (χ2n) is 3.81. The topological polar surface area (TPSA) is 69.6 Å². The molecule has 1 rings (SSSR count). The molecule has 5 nitrogen and oxygen atoms in total. The molecule has 0 fully saturated rings. The van der Waals surface area contributed by atoms with Crippen LogP contribution in [0.1, 0.15) is 0 Å². The number of nitrogens with zero attached hydrogens (tertiary/aromatic N) is 1. The number of amides is 2. The van der Waals surface area contributed by atoms with Crippen molar-refractivity contribution >= 4 is 33.6 Å². The molecule has 2 amide bonds. The number of hydrogen-bond acceptors (Lipinski definition) is 2. The van der Waals surface area contributed by atoms with E-state index in [1.165, 1.54) is 12.1 Å². The summed E-state index contributed by atoms with van der Waals surface area (Å²) in [5.74, 6) is -1.53. The fourth-order valence-electron chi connectivity index (χ4n) is 1.35. The van der Waals surface area contributed by atoms with Crippen LogP contribution in [-0.2, 0) is 4.79 Å². The highest BCUT2D eigenvalue weighted by Gasteiger charge is 2.34. The molecule has 0 saturated heterocycles. The van der Waals surface area contributed by atoms with Gasteiger partial charge in [0.15, 0.2) is 0 Å². The quantitative estimate of drug-likeness (QED) is 0.873. The number of aliphatic carboxylic acids is 1. The van der Waals surface area contributed by atoms with E-state index < -0.39 is 31.3 Å². The van der Waals surface area contributed by atoms with Crippen LogP contribution in [-0.4, -0.2) is 41.3 Å². The molecule has 0 aliphatic heterocycles. The van der Waals surface area contributed by atoms with Crippen LogP contribution in [0, 0.1) is 0 Å². The van der Waals surface area contributed by atoms with E-state index in [-0.39, 0.29) is 10.6 Å². The number of alkyl halides is 3. The summed E-state index contributed by atoms with van der Waals surface area (Å²) in [6, 6.07) is 5.05. The highest BCUT2D eigenvalue weighted by Crippen LogP contribution is 2.19. The van der Waals surface area contributed by atoms with E-state index in [0.29, 0.717) is 4.47 Å². The number of anilines is 1. The maximum absolute atomic E-state index is 12.3. The molecule has 0 spiro atoms. The number of nitrogens with one attached hydrogen (secondary N) is 1. The molecule has 0 radical (unpaired) electrons. The van der Waals surface area contributed by atoms with Gasteiger partial charge in [-0.25, -0.2) is 4.79 Å². The third-order valence-electron chi connectivity index (χ3n) is 2.06. The van der Waals surface area contributed by atoms with E-state index in [1.54, 1.807) is 12.1 Å². The first-order valence-corrected chi connectivity index (χ1v) is 6.07. The van der Waals surface area contributed by atoms with Crippen LogP contribution in [0.2, 0.25) is 0 Å². The molecule has 110 valence electrons. The zero-order valence-corrected chi connectivity index (χ0v) is 11.5. The average molecular weight is 355 g/mol. The highest BCUT2D eigenvalue weighted by atomic mass is 79.9. The predicted molar refractivity (Wildman–Crippen MR) is 68.4 cm³/mol. The number of benzene rings is 1. The molecule has 0 atom stereocenters. The van der Waals surface area contributed by atoms with Gasteiger partial charge in [0, 0.05) is 10.2 Å². The van der Waals surface area contributed by atoms with Crippen LogP contribution < -0.4 is 5.32 Å². The molecule has 0 heterocycles. The molecule has 1 aromatic rings. The summed E-state index contributed by atoms with van der Waals surface area (Å²) in [4.78, 5) is 22.4. The first-order chi connectivity index (χ1) is 9.17. The van der Waals surface area contributed by atoms with E-state index >= 15 is 0 Å². The van der Waals surface area contributed by atoms with Crippen LogP contribution in [0.3, 0.4) is 0 Å². The summed E-state index contributed by atoms with van der Waals surface area (Å²) < 4.78 is 37.5. The second-order valence-corrected chi connectivity index (χ2v) is 4.72. The predicted octanol–water partition coefficient (Wildman–Crippen LogP) is 2.93. The smallest absolute Gasteiger partial charge is 0.406 e. The Labute approximate surface area is 120 Å². The molecule has 0 aromatic heterocycles. The second kappa shape index (κ2) is 6.60. The Morgan fingerprint density at radius 3 is 2.50 bits per heavy atom. The number of carbonyl (C=O) groups excluding carboxylic acids is 1. The summed E-state index contributed by atoms with van der Waals surface area (Å²) in [5.41, 5.74) is 0.252. The van der Waals surface area contributed by atoms with Gasteiger partial charge in [0.05, 0.1) is 0 Å². The average Bonchev–Trinajstić information content (AvgIpc) is 2.25. The van der Waals surface area contributed by atoms with Crippen molar-refractivity contribution in [3.8, 4) is 0 Å². The van der Waals surface area contributed by atoms with Crippen LogP contribution >= 0.6 is 15.9 Å². The fraction of sp³-hybridized carbons (Fsp3) is 0.273. The van der Waals surface area contributed by atoms with E-state index in [0.717, 1.165) is 0 Å². The summed E-state index contributed by atoms with van der Waals surface area (Å²) in [6.07, 6.45) is -4.68. The van der Waals surface area contributed by atoms with Gasteiger partial charge in [0.1, 0.15) is 13.1 Å². The van der Waals surface area contributed by atoms with Gasteiger partial charge in [-0.15, -0.1) is 0 Å². The van der Waals surface area contributed by atoms with Gasteiger partial charge in [0.25, 0.3) is 0 Å². The fourth-order valence-corrected chi connectivity index (χ4v) is 1.75. The molecule has 9 heteroatoms. The third kappa shape index (κ3) is 5.91. The Kier molecular flexibility index (Phi) is 5.37. The van der Waals surface area contributed by atoms with Gasteiger partial charge < -0.3 is 15.3 Å². The van der Waals surface area contributed by atoms with Crippen molar-refractivity contribution in [1.82, 2.24) is 4.90 Å². The third-order valence-corrected chi connectivity index (χ3v) is 2.55. The molecule has 0 saturated carbocycles. The molecular formula is C11H10BrF3N2O3. The zero-order chi connectivity index (χ0) is 15.3. The molecule has 20 heavy (non-hydrogen) atoms. The maximum atomic E-state index is 12.3. The Morgan fingerprint density at radius 1 is 1.35 bits per heavy atom. The Balaban J connectivity index is 2.79. The van der Waals surface area contributed by atoms with Gasteiger partial charge in [-0.2, -0.15) is 13.2 Å². The zero-order valence-electron chi connectivity index (χ0n) is 9.95. The summed E-state index contributed by atoms with van der Waals surface area (Å²) >= 11 is 3.14. The van der Waals surface area contributed by atoms with Gasteiger partial charge in [0.2, 0.25) is 0 Å². The lowest BCUT2D eigenvalue weighted by molar-refractivity contribution is -0.148. The minimum Gasteiger partial charge on any atom is -0.480 e. The van der Waals surface area contributed by atoms with Crippen molar-refractivity contribution in [1.29, 1.82) is 0 Å². The molecule has 0 unspecified atom stereocenters. The molecular weight excluding hydrogens is 345 g/mol. The Hall–Kier alpha value is -1.77. The minimum absolute atomic E-state index is 0.170. The first kappa shape index (κ1) is 16.3. The van der Waals surface area contributed by atoms with E-state index in [2.05, 4.69) is 21.2 Å². The number of hydrogen-bond donors (Lipinski definition) is 2. The molecule has 0 aliphatic rings. The number of urea groups is 1. The summed E-state index contributed by atoms with van der Waals surface area (Å²) in [7, 11) is 0. The number of carboxylic acids is 1. The largest absolute Gasteiger partial charge is 0.480 e. The SMILES string of the molecule is O=C(O)CN(CC(F)(F)F)C(=O)Nc1cccc(Br)c1. The Morgan fingerprint density at radius 2 is 2.00 bits per heavy atom. The number of carbonyl (C=O) groups is 2. The van der Waals surface area contributed by atoms with Crippen molar-refractivity contribution < 1.29 is 27.9 Å². The highest BCUT2D eigenvalue weighted by molar-refractivity contribution is 9.10. The number of rotatable bonds is 4. The standard InChI is InChI=1S/C11H10BrF3N2O3/c12-7-2-1-3-8(4-7)16-10(20)17(5-9(18)19)6-11(13,14)15/h1-4H,5-6H2,(H,16,20)(H,18,19). The minimum atomic E-state index is -4.68. The maximum Gasteiger partial charge on any atom is 0.406 e. The van der Waals surface area contributed by atoms with Gasteiger partial charge in [-0.05, 0) is 18.2 Å². The summed E-state index contributed by atoms with van der Waals surface area (Å²) in [5, 5.41) is 10.7. The van der Waals surface area contributed by atoms with Crippen LogP contribution in [0.4, 0.5) is 23.7 Å². The van der Waals surface area contributed by atoms with Crippen molar-refractivity contribution in [3.63, 3.8) is 0 Å². The molecule has 0 aliphatic carbocycles. The lowest BCUT2D eigenvalue weighted by Gasteiger charge is -2.22. The van der Waals surface area contributed by atoms with Crippen molar-refractivity contribution in [2.45, 2.75) is 6.18 Å². The van der Waals surface area contributed by atoms with Crippen molar-refractivity contribution in [3.05, 3.63) is 28.7 Å². The molecule has 2 N–H and O–H groups in total. The van der Waals surface area contributed by atoms with Gasteiger partial charge >= 0.3 is 18.2 Å². The van der Waals surface area contributed by atoms with E-state index in [1.807, 2.05) is 0 Å². The lowest BCUT2D eigenvalue weighted by atomic mass is 10.3. The first-order valence-electron chi connectivity index (χ1n) is 5.27. The van der Waals surface area contributed by atoms with Crippen LogP contribution in [0.5, 0.6) is 0 Å². The molecule has 0 bridgehead atoms. The van der Waals surface area contributed by atoms with Crippen LogP contribution in [0.15, 0.2) is 28.7 Å². The number of carboxylic acid groups (broad SMARTS) is 1. The van der Waals surface area contributed by atoms with Crippen LogP contribution in [0.25, 0.3) is 0 Å². The van der Waals surface area contributed by atoms with E-state index in [4.69, 9.17) is 5.11 Å². The van der Waals surface area contributed by atoms with Crippen molar-refractivity contribution in [2.75, 3.05) is 18.4 Å². The van der Waals surface area contributed by atoms with Gasteiger partial charge in [-0.1, -0.05) is 22.0 Å². The van der Waals surface area contributed by atoms with E-state index in [9.17, 15) is 22.8 Å². The summed E-state index contributed by atoms with van der Waals surface area (Å²) in [6.45, 7) is -2.68. The number of halogens is 4. The van der Waals surface area contributed by atoms with Gasteiger partial charge in [-0.3, -0.25) is 4.79 Å². The lowest BCUT2D eigenvalue weighted by Crippen LogP contribution is -2.44. The monoisotopic (exact) mass is 354 g/mol. The van der Waals surface area contributed by atoms with Crippen molar-refractivity contribution in [2.24, 2.45) is 0 Å².